The van der Waals surface area contributed by atoms with E-state index < -0.39 is 16.7 Å². The molecule has 0 spiro atoms. The Morgan fingerprint density at radius 1 is 1.07 bits per heavy atom. The number of hydrogen-bond acceptors (Lipinski definition) is 6. The molecule has 1 heterocycles. The fourth-order valence-corrected chi connectivity index (χ4v) is 3.85. The van der Waals surface area contributed by atoms with Gasteiger partial charge < -0.3 is 5.11 Å². The maximum Gasteiger partial charge on any atom is 0.269 e. The van der Waals surface area contributed by atoms with Crippen molar-refractivity contribution in [1.82, 2.24) is 4.90 Å². The van der Waals surface area contributed by atoms with Crippen LogP contribution in [0.25, 0.3) is 5.57 Å². The maximum atomic E-state index is 13.0. The summed E-state index contributed by atoms with van der Waals surface area (Å²) in [5.74, 6) is -0.735. The summed E-state index contributed by atoms with van der Waals surface area (Å²) < 4.78 is 0. The first-order valence-electron chi connectivity index (χ1n) is 8.26. The van der Waals surface area contributed by atoms with Crippen molar-refractivity contribution in [1.29, 1.82) is 0 Å². The van der Waals surface area contributed by atoms with Gasteiger partial charge in [0, 0.05) is 22.9 Å². The number of carbonyl (C=O) groups is 2. The van der Waals surface area contributed by atoms with Crippen LogP contribution >= 0.6 is 23.4 Å². The zero-order valence-electron chi connectivity index (χ0n) is 14.5. The van der Waals surface area contributed by atoms with Crippen LogP contribution in [-0.4, -0.2) is 39.1 Å². The van der Waals surface area contributed by atoms with E-state index in [0.29, 0.717) is 16.1 Å². The Balaban J connectivity index is 1.97. The van der Waals surface area contributed by atoms with Crippen LogP contribution in [-0.2, 0) is 16.1 Å². The Morgan fingerprint density at radius 3 is 2.36 bits per heavy atom. The van der Waals surface area contributed by atoms with Crippen molar-refractivity contribution >= 4 is 46.4 Å². The van der Waals surface area contributed by atoms with Gasteiger partial charge in [-0.1, -0.05) is 29.8 Å². The highest BCUT2D eigenvalue weighted by Gasteiger charge is 2.39. The summed E-state index contributed by atoms with van der Waals surface area (Å²) in [5.41, 5.74) is 1.09. The van der Waals surface area contributed by atoms with E-state index in [1.807, 2.05) is 0 Å². The first kappa shape index (κ1) is 20.1. The summed E-state index contributed by atoms with van der Waals surface area (Å²) >= 11 is 7.23. The highest BCUT2D eigenvalue weighted by atomic mass is 35.5. The fourth-order valence-electron chi connectivity index (χ4n) is 2.78. The monoisotopic (exact) mass is 418 g/mol. The second kappa shape index (κ2) is 8.55. The van der Waals surface area contributed by atoms with Gasteiger partial charge in [-0.05, 0) is 29.3 Å². The first-order valence-corrected chi connectivity index (χ1v) is 9.62. The van der Waals surface area contributed by atoms with Crippen LogP contribution in [0.5, 0.6) is 0 Å². The summed E-state index contributed by atoms with van der Waals surface area (Å²) in [6.45, 7) is -0.148. The summed E-state index contributed by atoms with van der Waals surface area (Å²) in [6.07, 6.45) is 0. The van der Waals surface area contributed by atoms with Gasteiger partial charge in [0.2, 0.25) is 0 Å². The van der Waals surface area contributed by atoms with Gasteiger partial charge in [-0.2, -0.15) is 0 Å². The highest BCUT2D eigenvalue weighted by Crippen LogP contribution is 2.37. The largest absolute Gasteiger partial charge is 0.396 e. The predicted octanol–water partition coefficient (Wildman–Crippen LogP) is 3.25. The molecule has 1 aliphatic rings. The van der Waals surface area contributed by atoms with E-state index in [0.717, 1.165) is 16.7 Å². The number of aliphatic hydroxyl groups excluding tert-OH is 1. The number of halogens is 1. The van der Waals surface area contributed by atoms with E-state index in [1.165, 1.54) is 24.3 Å². The smallest absolute Gasteiger partial charge is 0.269 e. The number of thioether (sulfide) groups is 1. The summed E-state index contributed by atoms with van der Waals surface area (Å²) in [5, 5.41) is 20.4. The van der Waals surface area contributed by atoms with Gasteiger partial charge in [0.1, 0.15) is 0 Å². The number of rotatable bonds is 7. The van der Waals surface area contributed by atoms with Crippen molar-refractivity contribution in [3.63, 3.8) is 0 Å². The molecule has 0 fully saturated rings. The number of nitrogens with zero attached hydrogens (tertiary/aromatic N) is 2. The number of hydrogen-bond donors (Lipinski definition) is 1. The Bertz CT molecular complexity index is 975. The van der Waals surface area contributed by atoms with E-state index in [2.05, 4.69) is 0 Å². The van der Waals surface area contributed by atoms with Crippen molar-refractivity contribution in [3.05, 3.63) is 79.7 Å². The summed E-state index contributed by atoms with van der Waals surface area (Å²) in [4.78, 5) is 37.5. The molecule has 1 N–H and O–H groups in total. The van der Waals surface area contributed by atoms with Gasteiger partial charge in [0.25, 0.3) is 17.5 Å². The standard InChI is InChI=1S/C19H15ClN2O5S/c20-15-4-2-1-3-13(15)11-21-18(24)16(17(19(21)25)28-10-9-23)12-5-7-14(8-6-12)22(26)27/h1-8,23H,9-11H2. The first-order chi connectivity index (χ1) is 13.4. The van der Waals surface area contributed by atoms with Crippen LogP contribution < -0.4 is 0 Å². The van der Waals surface area contributed by atoms with Crippen LogP contribution in [0.3, 0.4) is 0 Å². The van der Waals surface area contributed by atoms with E-state index in [-0.39, 0.29) is 35.1 Å². The second-order valence-electron chi connectivity index (χ2n) is 5.87. The molecule has 7 nitrogen and oxygen atoms in total. The molecule has 2 aromatic rings. The number of non-ortho nitro benzene ring substituents is 1. The molecule has 0 aliphatic carbocycles. The quantitative estimate of drug-likeness (QED) is 0.421. The number of nitro groups is 1. The normalized spacial score (nSPS) is 14.1. The van der Waals surface area contributed by atoms with Crippen molar-refractivity contribution in [2.45, 2.75) is 6.54 Å². The second-order valence-corrected chi connectivity index (χ2v) is 7.38. The lowest BCUT2D eigenvalue weighted by Crippen LogP contribution is -2.31. The van der Waals surface area contributed by atoms with Gasteiger partial charge in [-0.3, -0.25) is 24.6 Å². The zero-order chi connectivity index (χ0) is 20.3. The molecular weight excluding hydrogens is 404 g/mol. The molecule has 28 heavy (non-hydrogen) atoms. The van der Waals surface area contributed by atoms with Crippen LogP contribution in [0, 0.1) is 10.1 Å². The Morgan fingerprint density at radius 2 is 1.75 bits per heavy atom. The average molecular weight is 419 g/mol. The molecule has 0 saturated heterocycles. The fraction of sp³-hybridized carbons (Fsp3) is 0.158. The van der Waals surface area contributed by atoms with Crippen molar-refractivity contribution in [2.24, 2.45) is 0 Å². The lowest BCUT2D eigenvalue weighted by atomic mass is 10.1. The number of imide groups is 1. The molecule has 144 valence electrons. The molecule has 0 unspecified atom stereocenters. The summed E-state index contributed by atoms with van der Waals surface area (Å²) in [6, 6.07) is 12.4. The van der Waals surface area contributed by atoms with Gasteiger partial charge in [0.05, 0.1) is 28.6 Å². The molecular formula is C19H15ClN2O5S. The number of nitro benzene ring substituents is 1. The van der Waals surface area contributed by atoms with Gasteiger partial charge >= 0.3 is 0 Å². The van der Waals surface area contributed by atoms with Crippen molar-refractivity contribution in [3.8, 4) is 0 Å². The van der Waals surface area contributed by atoms with Gasteiger partial charge in [-0.25, -0.2) is 0 Å². The summed E-state index contributed by atoms with van der Waals surface area (Å²) in [7, 11) is 0. The topological polar surface area (TPSA) is 101 Å². The van der Waals surface area contributed by atoms with Gasteiger partial charge in [0.15, 0.2) is 0 Å². The van der Waals surface area contributed by atoms with Crippen molar-refractivity contribution < 1.29 is 19.6 Å². The minimum atomic E-state index is -0.537. The third-order valence-corrected chi connectivity index (χ3v) is 5.54. The maximum absolute atomic E-state index is 13.0. The number of amides is 2. The lowest BCUT2D eigenvalue weighted by Gasteiger charge is -2.16. The molecule has 2 aromatic carbocycles. The molecule has 0 bridgehead atoms. The van der Waals surface area contributed by atoms with Crippen molar-refractivity contribution in [2.75, 3.05) is 12.4 Å². The number of benzene rings is 2. The lowest BCUT2D eigenvalue weighted by molar-refractivity contribution is -0.384. The predicted molar refractivity (Wildman–Crippen MR) is 107 cm³/mol. The molecule has 3 rings (SSSR count). The van der Waals surface area contributed by atoms with Crippen LogP contribution in [0.2, 0.25) is 5.02 Å². The number of aliphatic hydroxyl groups is 1. The van der Waals surface area contributed by atoms with Crippen LogP contribution in [0.1, 0.15) is 11.1 Å². The third kappa shape index (κ3) is 3.94. The Hall–Kier alpha value is -2.68. The number of carbonyl (C=O) groups excluding carboxylic acids is 2. The molecule has 0 atom stereocenters. The third-order valence-electron chi connectivity index (χ3n) is 4.12. The highest BCUT2D eigenvalue weighted by molar-refractivity contribution is 8.04. The van der Waals surface area contributed by atoms with Gasteiger partial charge in [-0.15, -0.1) is 11.8 Å². The minimum absolute atomic E-state index is 0.0109. The molecule has 9 heteroatoms. The van der Waals surface area contributed by atoms with Crippen LogP contribution in [0.15, 0.2) is 53.4 Å². The molecule has 0 radical (unpaired) electrons. The minimum Gasteiger partial charge on any atom is -0.396 e. The van der Waals surface area contributed by atoms with Crippen LogP contribution in [0.4, 0.5) is 5.69 Å². The average Bonchev–Trinajstić information content (AvgIpc) is 2.92. The zero-order valence-corrected chi connectivity index (χ0v) is 16.1. The molecule has 0 saturated carbocycles. The molecule has 2 amide bonds. The molecule has 1 aliphatic heterocycles. The van der Waals surface area contributed by atoms with E-state index in [1.54, 1.807) is 24.3 Å². The van der Waals surface area contributed by atoms with E-state index in [4.69, 9.17) is 16.7 Å². The van der Waals surface area contributed by atoms with E-state index in [9.17, 15) is 19.7 Å². The van der Waals surface area contributed by atoms with E-state index >= 15 is 0 Å². The Labute approximate surface area is 169 Å². The Kier molecular flexibility index (Phi) is 6.13. The SMILES string of the molecule is O=C1C(SCCO)=C(c2ccc([N+](=O)[O-])cc2)C(=O)N1Cc1ccccc1Cl. The molecule has 0 aromatic heterocycles.